The summed E-state index contributed by atoms with van der Waals surface area (Å²) in [4.78, 5) is 34.0. The molecule has 8 heteroatoms. The number of methoxy groups -OCH3 is 1. The highest BCUT2D eigenvalue weighted by Crippen LogP contribution is 2.41. The molecule has 0 bridgehead atoms. The standard InChI is InChI=1S/C19H21N5O3/c1-10-4-3-7-20-16(10)17(11-5-6-11)24-19(26)23-14-8-12-13(9-15(14)27-2)22-18(25)21-12/h3-4,7-9,11,17H,5-6H2,1-2H3,(H2,21,22,25)(H2,23,24,26). The van der Waals surface area contributed by atoms with Gasteiger partial charge in [-0.15, -0.1) is 0 Å². The molecule has 1 atom stereocenters. The SMILES string of the molecule is COc1cc2[nH]c(=O)[nH]c2cc1NC(=O)NC(c1ncccc1C)C1CC1. The molecule has 0 saturated heterocycles. The van der Waals surface area contributed by atoms with Gasteiger partial charge in [0.15, 0.2) is 0 Å². The Kier molecular flexibility index (Phi) is 4.31. The second kappa shape index (κ2) is 6.79. The van der Waals surface area contributed by atoms with Crippen molar-refractivity contribution in [3.05, 3.63) is 52.2 Å². The Morgan fingerprint density at radius 2 is 2.04 bits per heavy atom. The first-order valence-corrected chi connectivity index (χ1v) is 8.84. The Balaban J connectivity index is 1.57. The van der Waals surface area contributed by atoms with Gasteiger partial charge in [0, 0.05) is 12.3 Å². The van der Waals surface area contributed by atoms with E-state index in [2.05, 4.69) is 25.6 Å². The Labute approximate surface area is 155 Å². The quantitative estimate of drug-likeness (QED) is 0.555. The number of nitrogens with one attached hydrogen (secondary N) is 4. The van der Waals surface area contributed by atoms with Gasteiger partial charge in [-0.1, -0.05) is 6.07 Å². The molecule has 1 aromatic carbocycles. The largest absolute Gasteiger partial charge is 0.494 e. The van der Waals surface area contributed by atoms with Crippen molar-refractivity contribution in [2.24, 2.45) is 5.92 Å². The second-order valence-corrected chi connectivity index (χ2v) is 6.80. The zero-order chi connectivity index (χ0) is 19.0. The van der Waals surface area contributed by atoms with Crippen LogP contribution >= 0.6 is 0 Å². The summed E-state index contributed by atoms with van der Waals surface area (Å²) in [7, 11) is 1.51. The molecular formula is C19H21N5O3. The van der Waals surface area contributed by atoms with E-state index < -0.39 is 0 Å². The molecule has 0 aliphatic heterocycles. The van der Waals surface area contributed by atoms with Crippen molar-refractivity contribution in [3.8, 4) is 5.75 Å². The molecule has 1 aliphatic carbocycles. The molecule has 1 aliphatic rings. The average Bonchev–Trinajstić information content (AvgIpc) is 3.41. The van der Waals surface area contributed by atoms with Crippen molar-refractivity contribution in [2.45, 2.75) is 25.8 Å². The minimum absolute atomic E-state index is 0.131. The molecule has 2 aromatic heterocycles. The summed E-state index contributed by atoms with van der Waals surface area (Å²) in [5, 5.41) is 5.87. The molecule has 3 aromatic rings. The number of H-pyrrole nitrogens is 2. The summed E-state index contributed by atoms with van der Waals surface area (Å²) in [6.45, 7) is 2.00. The molecule has 1 unspecified atom stereocenters. The molecule has 27 heavy (non-hydrogen) atoms. The molecule has 2 amide bonds. The van der Waals surface area contributed by atoms with Crippen molar-refractivity contribution in [2.75, 3.05) is 12.4 Å². The predicted octanol–water partition coefficient (Wildman–Crippen LogP) is 2.84. The lowest BCUT2D eigenvalue weighted by Crippen LogP contribution is -2.34. The lowest BCUT2D eigenvalue weighted by Gasteiger charge is -2.20. The van der Waals surface area contributed by atoms with Crippen molar-refractivity contribution >= 4 is 22.8 Å². The number of aryl methyl sites for hydroxylation is 1. The number of hydrogen-bond acceptors (Lipinski definition) is 4. The van der Waals surface area contributed by atoms with E-state index in [-0.39, 0.29) is 17.8 Å². The molecule has 1 fully saturated rings. The minimum Gasteiger partial charge on any atom is -0.494 e. The summed E-state index contributed by atoms with van der Waals surface area (Å²) < 4.78 is 5.34. The molecule has 2 heterocycles. The van der Waals surface area contributed by atoms with Gasteiger partial charge in [-0.25, -0.2) is 9.59 Å². The van der Waals surface area contributed by atoms with E-state index in [1.54, 1.807) is 18.3 Å². The second-order valence-electron chi connectivity index (χ2n) is 6.80. The van der Waals surface area contributed by atoms with Gasteiger partial charge in [-0.05, 0) is 43.4 Å². The van der Waals surface area contributed by atoms with Gasteiger partial charge in [-0.2, -0.15) is 0 Å². The zero-order valence-corrected chi connectivity index (χ0v) is 15.1. The molecule has 8 nitrogen and oxygen atoms in total. The van der Waals surface area contributed by atoms with Crippen molar-refractivity contribution in [1.29, 1.82) is 0 Å². The summed E-state index contributed by atoms with van der Waals surface area (Å²) in [5.41, 5.74) is 3.32. The van der Waals surface area contributed by atoms with Crippen LogP contribution in [0.4, 0.5) is 10.5 Å². The molecule has 4 N–H and O–H groups in total. The fourth-order valence-corrected chi connectivity index (χ4v) is 3.29. The summed E-state index contributed by atoms with van der Waals surface area (Å²) in [6, 6.07) is 6.76. The third-order valence-corrected chi connectivity index (χ3v) is 4.81. The highest BCUT2D eigenvalue weighted by Gasteiger charge is 2.35. The van der Waals surface area contributed by atoms with Crippen molar-refractivity contribution < 1.29 is 9.53 Å². The van der Waals surface area contributed by atoms with Gasteiger partial charge in [0.1, 0.15) is 5.75 Å². The number of aromatic nitrogens is 3. The molecule has 0 radical (unpaired) electrons. The Morgan fingerprint density at radius 3 is 2.70 bits per heavy atom. The Bertz CT molecular complexity index is 1050. The number of anilines is 1. The predicted molar refractivity (Wildman–Crippen MR) is 102 cm³/mol. The maximum Gasteiger partial charge on any atom is 0.323 e. The maximum absolute atomic E-state index is 12.7. The number of amides is 2. The van der Waals surface area contributed by atoms with Gasteiger partial charge in [-0.3, -0.25) is 4.98 Å². The summed E-state index contributed by atoms with van der Waals surface area (Å²) in [6.07, 6.45) is 3.89. The minimum atomic E-state index is -0.340. The van der Waals surface area contributed by atoms with Gasteiger partial charge < -0.3 is 25.3 Å². The van der Waals surface area contributed by atoms with Crippen LogP contribution in [0.15, 0.2) is 35.3 Å². The van der Waals surface area contributed by atoms with E-state index in [1.807, 2.05) is 19.1 Å². The van der Waals surface area contributed by atoms with Crippen molar-refractivity contribution in [3.63, 3.8) is 0 Å². The number of imidazole rings is 1. The third kappa shape index (κ3) is 3.51. The first-order valence-electron chi connectivity index (χ1n) is 8.84. The van der Waals surface area contributed by atoms with Gasteiger partial charge >= 0.3 is 11.7 Å². The zero-order valence-electron chi connectivity index (χ0n) is 15.1. The first-order chi connectivity index (χ1) is 13.0. The van der Waals surface area contributed by atoms with Gasteiger partial charge in [0.25, 0.3) is 0 Å². The third-order valence-electron chi connectivity index (χ3n) is 4.81. The average molecular weight is 367 g/mol. The molecule has 0 spiro atoms. The van der Waals surface area contributed by atoms with Crippen molar-refractivity contribution in [1.82, 2.24) is 20.3 Å². The van der Waals surface area contributed by atoms with E-state index >= 15 is 0 Å². The normalized spacial score (nSPS) is 14.7. The topological polar surface area (TPSA) is 112 Å². The van der Waals surface area contributed by atoms with Crippen LogP contribution in [0.3, 0.4) is 0 Å². The highest BCUT2D eigenvalue weighted by molar-refractivity contribution is 5.94. The number of nitrogens with zero attached hydrogens (tertiary/aromatic N) is 1. The van der Waals surface area contributed by atoms with Gasteiger partial charge in [0.2, 0.25) is 0 Å². The van der Waals surface area contributed by atoms with Gasteiger partial charge in [0.05, 0.1) is 35.6 Å². The van der Waals surface area contributed by atoms with Crippen LogP contribution in [0.1, 0.15) is 30.1 Å². The number of fused-ring (bicyclic) bond motifs is 1. The van der Waals surface area contributed by atoms with Crippen LogP contribution in [-0.2, 0) is 0 Å². The van der Waals surface area contributed by atoms with Crippen LogP contribution in [0.2, 0.25) is 0 Å². The highest BCUT2D eigenvalue weighted by atomic mass is 16.5. The summed E-state index contributed by atoms with van der Waals surface area (Å²) in [5.74, 6) is 0.861. The number of carbonyl (C=O) groups excluding carboxylic acids is 1. The van der Waals surface area contributed by atoms with E-state index in [1.165, 1.54) is 7.11 Å². The number of ether oxygens (including phenoxy) is 1. The van der Waals surface area contributed by atoms with Crippen LogP contribution < -0.4 is 21.1 Å². The molecular weight excluding hydrogens is 346 g/mol. The fourth-order valence-electron chi connectivity index (χ4n) is 3.29. The van der Waals surface area contributed by atoms with Crippen LogP contribution in [-0.4, -0.2) is 28.1 Å². The lowest BCUT2D eigenvalue weighted by atomic mass is 10.0. The monoisotopic (exact) mass is 367 g/mol. The Hall–Kier alpha value is -3.29. The molecule has 140 valence electrons. The molecule has 4 rings (SSSR count). The van der Waals surface area contributed by atoms with Crippen LogP contribution in [0.25, 0.3) is 11.0 Å². The number of aromatic amines is 2. The smallest absolute Gasteiger partial charge is 0.323 e. The number of rotatable bonds is 5. The number of pyridine rings is 1. The lowest BCUT2D eigenvalue weighted by molar-refractivity contribution is 0.246. The number of urea groups is 1. The Morgan fingerprint density at radius 1 is 1.30 bits per heavy atom. The number of carbonyl (C=O) groups is 1. The molecule has 1 saturated carbocycles. The van der Waals surface area contributed by atoms with E-state index in [0.717, 1.165) is 24.1 Å². The number of hydrogen-bond donors (Lipinski definition) is 4. The maximum atomic E-state index is 12.7. The van der Waals surface area contributed by atoms with E-state index in [9.17, 15) is 9.59 Å². The van der Waals surface area contributed by atoms with Crippen LogP contribution in [0.5, 0.6) is 5.75 Å². The first kappa shape index (κ1) is 17.1. The van der Waals surface area contributed by atoms with E-state index in [4.69, 9.17) is 4.74 Å². The van der Waals surface area contributed by atoms with E-state index in [0.29, 0.717) is 28.4 Å². The number of benzene rings is 1. The van der Waals surface area contributed by atoms with Crippen LogP contribution in [0, 0.1) is 12.8 Å². The fraction of sp³-hybridized carbons (Fsp3) is 0.316. The summed E-state index contributed by atoms with van der Waals surface area (Å²) >= 11 is 0.